The Morgan fingerprint density at radius 2 is 2.04 bits per heavy atom. The van der Waals surface area contributed by atoms with E-state index in [1.54, 1.807) is 18.5 Å². The van der Waals surface area contributed by atoms with Gasteiger partial charge < -0.3 is 9.72 Å². The average Bonchev–Trinajstić information content (AvgIpc) is 3.02. The van der Waals surface area contributed by atoms with Crippen molar-refractivity contribution < 1.29 is 4.74 Å². The highest BCUT2D eigenvalue weighted by atomic mass is 16.5. The highest BCUT2D eigenvalue weighted by Gasteiger charge is 2.11. The summed E-state index contributed by atoms with van der Waals surface area (Å²) >= 11 is 0. The molecule has 0 saturated heterocycles. The summed E-state index contributed by atoms with van der Waals surface area (Å²) in [6.07, 6.45) is 3.41. The first kappa shape index (κ1) is 13.5. The second-order valence-corrected chi connectivity index (χ2v) is 5.11. The molecule has 1 aromatic carbocycles. The zero-order valence-corrected chi connectivity index (χ0v) is 12.5. The molecule has 23 heavy (non-hydrogen) atoms. The lowest BCUT2D eigenvalue weighted by molar-refractivity contribution is 0.340. The van der Waals surface area contributed by atoms with Crippen LogP contribution in [0.2, 0.25) is 0 Å². The first-order valence-electron chi connectivity index (χ1n) is 7.35. The Labute approximate surface area is 131 Å². The molecule has 0 spiro atoms. The van der Waals surface area contributed by atoms with Gasteiger partial charge in [0.15, 0.2) is 5.65 Å². The minimum absolute atomic E-state index is 0.231. The molecule has 0 bridgehead atoms. The van der Waals surface area contributed by atoms with E-state index in [1.807, 2.05) is 37.3 Å². The fourth-order valence-corrected chi connectivity index (χ4v) is 2.59. The Hall–Kier alpha value is -3.15. The van der Waals surface area contributed by atoms with Gasteiger partial charge in [-0.05, 0) is 43.3 Å². The maximum Gasteiger partial charge on any atom is 0.331 e. The fourth-order valence-electron chi connectivity index (χ4n) is 2.59. The van der Waals surface area contributed by atoms with Gasteiger partial charge in [0.25, 0.3) is 0 Å². The van der Waals surface area contributed by atoms with Crippen LogP contribution in [0.25, 0.3) is 27.9 Å². The number of nitrogens with one attached hydrogen (secondary N) is 1. The molecule has 0 saturated carbocycles. The molecule has 4 aromatic rings. The van der Waals surface area contributed by atoms with E-state index in [1.165, 1.54) is 4.40 Å². The van der Waals surface area contributed by atoms with Gasteiger partial charge in [-0.2, -0.15) is 0 Å². The number of fused-ring (bicyclic) bond motifs is 3. The predicted octanol–water partition coefficient (Wildman–Crippen LogP) is 2.64. The summed E-state index contributed by atoms with van der Waals surface area (Å²) in [7, 11) is 0. The highest BCUT2D eigenvalue weighted by molar-refractivity contribution is 5.88. The van der Waals surface area contributed by atoms with Gasteiger partial charge in [0, 0.05) is 18.0 Å². The summed E-state index contributed by atoms with van der Waals surface area (Å²) in [4.78, 5) is 23.9. The minimum Gasteiger partial charge on any atom is -0.494 e. The van der Waals surface area contributed by atoms with Gasteiger partial charge in [-0.15, -0.1) is 0 Å². The minimum atomic E-state index is -0.231. The van der Waals surface area contributed by atoms with E-state index in [9.17, 15) is 4.79 Å². The monoisotopic (exact) mass is 306 g/mol. The lowest BCUT2D eigenvalue weighted by Crippen LogP contribution is -2.15. The van der Waals surface area contributed by atoms with Gasteiger partial charge in [0.05, 0.1) is 17.8 Å². The van der Waals surface area contributed by atoms with Crippen molar-refractivity contribution >= 4 is 16.7 Å². The number of H-pyrrole nitrogens is 1. The topological polar surface area (TPSA) is 72.3 Å². The summed E-state index contributed by atoms with van der Waals surface area (Å²) in [5, 5.41) is 0. The Kier molecular flexibility index (Phi) is 3.08. The number of nitrogens with zero attached hydrogens (tertiary/aromatic N) is 3. The summed E-state index contributed by atoms with van der Waals surface area (Å²) < 4.78 is 6.93. The number of pyridine rings is 1. The number of aromatic amines is 1. The van der Waals surface area contributed by atoms with Crippen LogP contribution in [0.1, 0.15) is 6.92 Å². The molecule has 4 rings (SSSR count). The first-order chi connectivity index (χ1) is 11.3. The van der Waals surface area contributed by atoms with Gasteiger partial charge in [-0.3, -0.25) is 4.98 Å². The van der Waals surface area contributed by atoms with E-state index in [-0.39, 0.29) is 5.69 Å². The largest absolute Gasteiger partial charge is 0.494 e. The van der Waals surface area contributed by atoms with Crippen molar-refractivity contribution in [1.82, 2.24) is 19.4 Å². The molecule has 0 atom stereocenters. The molecule has 0 unspecified atom stereocenters. The van der Waals surface area contributed by atoms with Gasteiger partial charge in [-0.25, -0.2) is 14.2 Å². The van der Waals surface area contributed by atoms with Crippen LogP contribution >= 0.6 is 0 Å². The maximum absolute atomic E-state index is 12.2. The third-order valence-electron chi connectivity index (χ3n) is 3.65. The first-order valence-corrected chi connectivity index (χ1v) is 7.35. The molecule has 0 fully saturated rings. The molecular formula is C17H14N4O2. The lowest BCUT2D eigenvalue weighted by atomic mass is 10.2. The highest BCUT2D eigenvalue weighted by Crippen LogP contribution is 2.23. The number of ether oxygens (including phenoxy) is 1. The third-order valence-corrected chi connectivity index (χ3v) is 3.65. The molecule has 0 aliphatic rings. The number of aromatic nitrogens is 4. The normalized spacial score (nSPS) is 11.2. The van der Waals surface area contributed by atoms with Crippen molar-refractivity contribution in [2.45, 2.75) is 6.92 Å². The van der Waals surface area contributed by atoms with Crippen LogP contribution in [0.4, 0.5) is 0 Å². The number of benzene rings is 1. The van der Waals surface area contributed by atoms with Crippen LogP contribution < -0.4 is 10.4 Å². The van der Waals surface area contributed by atoms with E-state index >= 15 is 0 Å². The Balaban J connectivity index is 1.90. The van der Waals surface area contributed by atoms with Crippen LogP contribution in [-0.2, 0) is 0 Å². The van der Waals surface area contributed by atoms with Crippen molar-refractivity contribution in [2.75, 3.05) is 6.61 Å². The van der Waals surface area contributed by atoms with E-state index in [0.29, 0.717) is 23.3 Å². The predicted molar refractivity (Wildman–Crippen MR) is 87.7 cm³/mol. The average molecular weight is 306 g/mol. The lowest BCUT2D eigenvalue weighted by Gasteiger charge is -2.02. The van der Waals surface area contributed by atoms with E-state index in [2.05, 4.69) is 15.0 Å². The quantitative estimate of drug-likeness (QED) is 0.631. The molecular weight excluding hydrogens is 292 g/mol. The molecule has 0 amide bonds. The third kappa shape index (κ3) is 2.24. The molecule has 3 aromatic heterocycles. The maximum atomic E-state index is 12.2. The number of hydrogen-bond donors (Lipinski definition) is 1. The molecule has 6 nitrogen and oxygen atoms in total. The number of rotatable bonds is 3. The molecule has 3 heterocycles. The SMILES string of the molecule is CCOc1ccc(-c2cn3c(=O)[nH]c4cccnc4c3n2)cc1. The molecule has 6 heteroatoms. The van der Waals surface area contributed by atoms with Crippen molar-refractivity contribution in [1.29, 1.82) is 0 Å². The number of hydrogen-bond acceptors (Lipinski definition) is 4. The van der Waals surface area contributed by atoms with Crippen molar-refractivity contribution in [3.63, 3.8) is 0 Å². The summed E-state index contributed by atoms with van der Waals surface area (Å²) in [6, 6.07) is 11.2. The Morgan fingerprint density at radius 3 is 2.83 bits per heavy atom. The van der Waals surface area contributed by atoms with Gasteiger partial charge in [0.1, 0.15) is 11.3 Å². The molecule has 0 radical (unpaired) electrons. The van der Waals surface area contributed by atoms with Crippen molar-refractivity contribution in [3.05, 3.63) is 59.3 Å². The summed E-state index contributed by atoms with van der Waals surface area (Å²) in [5.41, 5.74) is 3.30. The Morgan fingerprint density at radius 1 is 1.22 bits per heavy atom. The summed E-state index contributed by atoms with van der Waals surface area (Å²) in [6.45, 7) is 2.57. The van der Waals surface area contributed by atoms with Crippen molar-refractivity contribution in [2.24, 2.45) is 0 Å². The summed E-state index contributed by atoms with van der Waals surface area (Å²) in [5.74, 6) is 0.810. The van der Waals surface area contributed by atoms with Crippen LogP contribution in [0.5, 0.6) is 5.75 Å². The molecule has 114 valence electrons. The van der Waals surface area contributed by atoms with Gasteiger partial charge >= 0.3 is 5.69 Å². The van der Waals surface area contributed by atoms with E-state index in [4.69, 9.17) is 4.74 Å². The molecule has 1 N–H and O–H groups in total. The fraction of sp³-hybridized carbons (Fsp3) is 0.118. The molecule has 0 aliphatic heterocycles. The van der Waals surface area contributed by atoms with Crippen LogP contribution in [0.15, 0.2) is 53.6 Å². The second kappa shape index (κ2) is 5.24. The van der Waals surface area contributed by atoms with Crippen LogP contribution in [-0.4, -0.2) is 26.0 Å². The van der Waals surface area contributed by atoms with Crippen molar-refractivity contribution in [3.8, 4) is 17.0 Å². The zero-order chi connectivity index (χ0) is 15.8. The van der Waals surface area contributed by atoms with Crippen LogP contribution in [0, 0.1) is 0 Å². The van der Waals surface area contributed by atoms with Gasteiger partial charge in [-0.1, -0.05) is 0 Å². The smallest absolute Gasteiger partial charge is 0.331 e. The van der Waals surface area contributed by atoms with E-state index < -0.39 is 0 Å². The second-order valence-electron chi connectivity index (χ2n) is 5.11. The van der Waals surface area contributed by atoms with Crippen LogP contribution in [0.3, 0.4) is 0 Å². The van der Waals surface area contributed by atoms with E-state index in [0.717, 1.165) is 17.0 Å². The molecule has 0 aliphatic carbocycles. The van der Waals surface area contributed by atoms with Gasteiger partial charge in [0.2, 0.25) is 0 Å². The standard InChI is InChI=1S/C17H14N4O2/c1-2-23-12-7-5-11(6-8-12)14-10-21-16(19-14)15-13(20-17(21)22)4-3-9-18-15/h3-10H,2H2,1H3,(H,20,22). The number of imidazole rings is 1. The zero-order valence-electron chi connectivity index (χ0n) is 12.5. The Bertz CT molecular complexity index is 1050.